The Hall–Kier alpha value is -4.48. The van der Waals surface area contributed by atoms with Crippen LogP contribution in [-0.2, 0) is 15.3 Å². The zero-order valence-corrected chi connectivity index (χ0v) is 25.5. The van der Waals surface area contributed by atoms with Gasteiger partial charge < -0.3 is 9.84 Å². The number of carbonyl (C=O) groups excluding carboxylic acids is 2. The molecular formula is C32H29N5O4S2. The fourth-order valence-corrected chi connectivity index (χ4v) is 6.85. The van der Waals surface area contributed by atoms with Crippen molar-refractivity contribution in [3.05, 3.63) is 107 Å². The summed E-state index contributed by atoms with van der Waals surface area (Å²) in [6.07, 6.45) is 2.62. The normalized spacial score (nSPS) is 16.3. The lowest BCUT2D eigenvalue weighted by Crippen LogP contribution is -2.29. The number of amides is 1. The van der Waals surface area contributed by atoms with Gasteiger partial charge in [0.1, 0.15) is 17.1 Å². The highest BCUT2D eigenvalue weighted by Crippen LogP contribution is 2.44. The van der Waals surface area contributed by atoms with Gasteiger partial charge in [0.05, 0.1) is 23.9 Å². The molecule has 1 N–H and O–H groups in total. The van der Waals surface area contributed by atoms with Crippen molar-refractivity contribution < 1.29 is 19.4 Å². The molecule has 2 aromatic carbocycles. The number of nitrogens with zero attached hydrogens (tertiary/aromatic N) is 5. The van der Waals surface area contributed by atoms with Crippen LogP contribution in [0.5, 0.6) is 5.75 Å². The first-order valence-electron chi connectivity index (χ1n) is 13.9. The third kappa shape index (κ3) is 5.53. The molecule has 0 spiro atoms. The molecule has 11 heteroatoms. The number of aliphatic hydroxyl groups excluding tert-OH is 1. The van der Waals surface area contributed by atoms with Gasteiger partial charge in [-0.3, -0.25) is 18.9 Å². The molecule has 6 rings (SSSR count). The van der Waals surface area contributed by atoms with Crippen LogP contribution in [0.15, 0.2) is 82.8 Å². The predicted octanol–water partition coefficient (Wildman–Crippen LogP) is 6.51. The minimum atomic E-state index is -0.934. The van der Waals surface area contributed by atoms with Crippen molar-refractivity contribution in [2.75, 3.05) is 11.5 Å². The number of hydrogen-bond donors (Lipinski definition) is 1. The van der Waals surface area contributed by atoms with Gasteiger partial charge in [0.15, 0.2) is 10.1 Å². The summed E-state index contributed by atoms with van der Waals surface area (Å²) in [4.78, 5) is 33.2. The van der Waals surface area contributed by atoms with Gasteiger partial charge in [0, 0.05) is 11.9 Å². The van der Waals surface area contributed by atoms with E-state index in [4.69, 9.17) is 4.74 Å². The van der Waals surface area contributed by atoms with Crippen LogP contribution in [-0.4, -0.2) is 43.0 Å². The van der Waals surface area contributed by atoms with E-state index in [9.17, 15) is 14.7 Å². The summed E-state index contributed by atoms with van der Waals surface area (Å²) in [5.41, 5.74) is 4.41. The number of ether oxygens (including phenoxy) is 1. The topological polar surface area (TPSA) is 110 Å². The van der Waals surface area contributed by atoms with Gasteiger partial charge in [-0.05, 0) is 55.7 Å². The van der Waals surface area contributed by atoms with Crippen molar-refractivity contribution in [3.8, 4) is 5.75 Å². The summed E-state index contributed by atoms with van der Waals surface area (Å²) in [7, 11) is 0. The van der Waals surface area contributed by atoms with E-state index in [-0.39, 0.29) is 16.5 Å². The minimum absolute atomic E-state index is 0.0370. The highest BCUT2D eigenvalue weighted by Gasteiger charge is 2.49. The first-order chi connectivity index (χ1) is 20.9. The smallest absolute Gasteiger partial charge is 0.301 e. The van der Waals surface area contributed by atoms with Crippen molar-refractivity contribution in [2.24, 2.45) is 0 Å². The van der Waals surface area contributed by atoms with Crippen LogP contribution in [0.3, 0.4) is 0 Å². The summed E-state index contributed by atoms with van der Waals surface area (Å²) in [5, 5.41) is 20.7. The zero-order chi connectivity index (χ0) is 30.1. The van der Waals surface area contributed by atoms with Crippen LogP contribution in [0.25, 0.3) is 11.4 Å². The fourth-order valence-electron chi connectivity index (χ4n) is 5.03. The number of aliphatic hydroxyl groups is 1. The molecule has 1 saturated heterocycles. The lowest BCUT2D eigenvalue weighted by atomic mass is 9.96. The first-order valence-corrected chi connectivity index (χ1v) is 15.7. The third-order valence-electron chi connectivity index (χ3n) is 7.13. The van der Waals surface area contributed by atoms with Gasteiger partial charge in [0.25, 0.3) is 5.78 Å². The average Bonchev–Trinajstić information content (AvgIpc) is 3.69. The highest BCUT2D eigenvalue weighted by atomic mass is 32.2. The Morgan fingerprint density at radius 2 is 1.79 bits per heavy atom. The van der Waals surface area contributed by atoms with E-state index >= 15 is 0 Å². The van der Waals surface area contributed by atoms with Gasteiger partial charge >= 0.3 is 5.91 Å². The van der Waals surface area contributed by atoms with Crippen LogP contribution in [0.4, 0.5) is 5.13 Å². The summed E-state index contributed by atoms with van der Waals surface area (Å²) < 4.78 is 8.13. The van der Waals surface area contributed by atoms with E-state index in [0.29, 0.717) is 45.0 Å². The van der Waals surface area contributed by atoms with Gasteiger partial charge in [-0.25, -0.2) is 4.98 Å². The second-order valence-corrected chi connectivity index (χ2v) is 12.4. The lowest BCUT2D eigenvalue weighted by Gasteiger charge is -2.22. The molecule has 0 bridgehead atoms. The molecule has 1 fully saturated rings. The second kappa shape index (κ2) is 12.0. The van der Waals surface area contributed by atoms with E-state index in [1.54, 1.807) is 41.8 Å². The van der Waals surface area contributed by atoms with Crippen LogP contribution >= 0.6 is 23.1 Å². The van der Waals surface area contributed by atoms with Gasteiger partial charge in [0.2, 0.25) is 5.13 Å². The number of Topliss-reactive ketones (excluding diaryl/α,β-unsaturated/α-hetero) is 1. The number of carbonyl (C=O) groups is 2. The van der Waals surface area contributed by atoms with Crippen LogP contribution in [0.1, 0.15) is 47.5 Å². The number of fused-ring (bicyclic) bond motifs is 1. The van der Waals surface area contributed by atoms with Crippen LogP contribution < -0.4 is 9.64 Å². The number of benzene rings is 2. The molecule has 0 saturated carbocycles. The summed E-state index contributed by atoms with van der Waals surface area (Å²) in [5.74, 6) is -0.527. The Morgan fingerprint density at radius 3 is 2.53 bits per heavy atom. The van der Waals surface area contributed by atoms with Crippen molar-refractivity contribution >= 4 is 51.3 Å². The molecule has 5 aromatic rings. The molecule has 3 aromatic heterocycles. The monoisotopic (exact) mass is 611 g/mol. The molecular weight excluding hydrogens is 583 g/mol. The minimum Gasteiger partial charge on any atom is -0.505 e. The van der Waals surface area contributed by atoms with E-state index in [2.05, 4.69) is 39.4 Å². The maximum atomic E-state index is 13.7. The van der Waals surface area contributed by atoms with Gasteiger partial charge in [-0.15, -0.1) is 10.2 Å². The number of pyridine rings is 1. The summed E-state index contributed by atoms with van der Waals surface area (Å²) in [6, 6.07) is 20.0. The quantitative estimate of drug-likeness (QED) is 0.0661. The number of aromatic nitrogens is 4. The molecule has 1 atom stereocenters. The molecule has 9 nitrogen and oxygen atoms in total. The maximum absolute atomic E-state index is 13.7. The SMILES string of the molecule is CCCOc1ccc(C2C(=C(O)c3c(C)nc4ccccn34)C(=O)C(=O)N2c2nnc(SCc3ccc(C)cc3)s2)cc1. The van der Waals surface area contributed by atoms with Crippen LogP contribution in [0.2, 0.25) is 0 Å². The highest BCUT2D eigenvalue weighted by molar-refractivity contribution is 8.00. The number of aryl methyl sites for hydroxylation is 2. The molecule has 1 amide bonds. The van der Waals surface area contributed by atoms with Crippen molar-refractivity contribution in [3.63, 3.8) is 0 Å². The molecule has 4 heterocycles. The van der Waals surface area contributed by atoms with Crippen LogP contribution in [0, 0.1) is 13.8 Å². The zero-order valence-electron chi connectivity index (χ0n) is 23.9. The van der Waals surface area contributed by atoms with E-state index in [1.165, 1.54) is 33.6 Å². The fraction of sp³-hybridized carbons (Fsp3) is 0.219. The number of hydrogen-bond acceptors (Lipinski definition) is 9. The Labute approximate surface area is 256 Å². The summed E-state index contributed by atoms with van der Waals surface area (Å²) in [6.45, 7) is 6.40. The summed E-state index contributed by atoms with van der Waals surface area (Å²) >= 11 is 2.74. The Balaban J connectivity index is 1.42. The number of rotatable bonds is 9. The number of thioether (sulfide) groups is 1. The van der Waals surface area contributed by atoms with Crippen molar-refractivity contribution in [2.45, 2.75) is 43.3 Å². The second-order valence-electron chi connectivity index (χ2n) is 10.2. The molecule has 43 heavy (non-hydrogen) atoms. The van der Waals surface area contributed by atoms with Gasteiger partial charge in [-0.1, -0.05) is 78.1 Å². The molecule has 0 radical (unpaired) electrons. The van der Waals surface area contributed by atoms with Crippen molar-refractivity contribution in [1.82, 2.24) is 19.6 Å². The maximum Gasteiger partial charge on any atom is 0.301 e. The number of ketones is 1. The number of imidazole rings is 1. The standard InChI is InChI=1S/C32H29N5O4S2/c1-4-17-41-23-14-12-22(13-15-23)27-25(28(38)26-20(3)33-24-7-5-6-16-36(24)26)29(39)30(40)37(27)31-34-35-32(43-31)42-18-21-10-8-19(2)9-11-21/h5-16,27,38H,4,17-18H2,1-3H3. The van der Waals surface area contributed by atoms with E-state index in [0.717, 1.165) is 12.0 Å². The molecule has 218 valence electrons. The Morgan fingerprint density at radius 1 is 1.02 bits per heavy atom. The van der Waals surface area contributed by atoms with E-state index < -0.39 is 17.7 Å². The number of anilines is 1. The molecule has 0 aliphatic carbocycles. The van der Waals surface area contributed by atoms with Crippen molar-refractivity contribution in [1.29, 1.82) is 0 Å². The predicted molar refractivity (Wildman–Crippen MR) is 168 cm³/mol. The molecule has 1 unspecified atom stereocenters. The molecule has 1 aliphatic heterocycles. The third-order valence-corrected chi connectivity index (χ3v) is 9.25. The Kier molecular flexibility index (Phi) is 8.00. The molecule has 1 aliphatic rings. The lowest BCUT2D eigenvalue weighted by molar-refractivity contribution is -0.132. The first kappa shape index (κ1) is 28.6. The Bertz CT molecular complexity index is 1840. The largest absolute Gasteiger partial charge is 0.505 e. The van der Waals surface area contributed by atoms with E-state index in [1.807, 2.05) is 32.0 Å². The average molecular weight is 612 g/mol. The van der Waals surface area contributed by atoms with Gasteiger partial charge in [-0.2, -0.15) is 0 Å².